The molecule has 0 radical (unpaired) electrons. The average molecular weight is 479 g/mol. The maximum atomic E-state index is 12.8. The summed E-state index contributed by atoms with van der Waals surface area (Å²) >= 11 is 0. The van der Waals surface area contributed by atoms with Crippen molar-refractivity contribution in [3.05, 3.63) is 96.6 Å². The predicted molar refractivity (Wildman–Crippen MR) is 126 cm³/mol. The van der Waals surface area contributed by atoms with Crippen LogP contribution in [0.25, 0.3) is 21.9 Å². The van der Waals surface area contributed by atoms with E-state index in [0.29, 0.717) is 16.8 Å². The summed E-state index contributed by atoms with van der Waals surface area (Å²) in [7, 11) is 1.14. The van der Waals surface area contributed by atoms with Gasteiger partial charge in [0.05, 0.1) is 13.7 Å². The SMILES string of the molecule is COC(=O)C(=O)N(Cc1ccc2ccccc2c1)c1ccc(-c2ccc(OC(F)(F)F)cc2)cc1. The van der Waals surface area contributed by atoms with Crippen LogP contribution in [0.3, 0.4) is 0 Å². The van der Waals surface area contributed by atoms with E-state index in [4.69, 9.17) is 0 Å². The van der Waals surface area contributed by atoms with Crippen molar-refractivity contribution in [2.75, 3.05) is 12.0 Å². The van der Waals surface area contributed by atoms with Crippen LogP contribution in [0.2, 0.25) is 0 Å². The highest BCUT2D eigenvalue weighted by atomic mass is 19.4. The number of anilines is 1. The quantitative estimate of drug-likeness (QED) is 0.256. The molecule has 4 rings (SSSR count). The van der Waals surface area contributed by atoms with Gasteiger partial charge in [-0.05, 0) is 57.8 Å². The van der Waals surface area contributed by atoms with Crippen molar-refractivity contribution in [1.82, 2.24) is 0 Å². The van der Waals surface area contributed by atoms with Crippen molar-refractivity contribution in [2.24, 2.45) is 0 Å². The van der Waals surface area contributed by atoms with E-state index in [1.807, 2.05) is 42.5 Å². The van der Waals surface area contributed by atoms with Gasteiger partial charge in [0.1, 0.15) is 5.75 Å². The summed E-state index contributed by atoms with van der Waals surface area (Å²) in [4.78, 5) is 26.2. The molecule has 0 heterocycles. The molecule has 178 valence electrons. The number of carbonyl (C=O) groups excluding carboxylic acids is 2. The lowest BCUT2D eigenvalue weighted by Crippen LogP contribution is -2.36. The van der Waals surface area contributed by atoms with Gasteiger partial charge in [0, 0.05) is 5.69 Å². The number of benzene rings is 4. The van der Waals surface area contributed by atoms with E-state index in [2.05, 4.69) is 9.47 Å². The standard InChI is InChI=1S/C27H20F3NO4/c1-34-26(33)25(32)31(17-18-6-7-19-4-2-3-5-22(19)16-18)23-12-8-20(9-13-23)21-10-14-24(15-11-21)35-27(28,29)30/h2-16H,17H2,1H3. The Kier molecular flexibility index (Phi) is 6.73. The maximum absolute atomic E-state index is 12.8. The predicted octanol–water partition coefficient (Wildman–Crippen LogP) is 6.11. The molecule has 0 aliphatic rings. The first kappa shape index (κ1) is 23.8. The third-order valence-electron chi connectivity index (χ3n) is 5.36. The van der Waals surface area contributed by atoms with Crippen molar-refractivity contribution in [3.63, 3.8) is 0 Å². The highest BCUT2D eigenvalue weighted by Crippen LogP contribution is 2.29. The van der Waals surface area contributed by atoms with Crippen molar-refractivity contribution in [3.8, 4) is 16.9 Å². The summed E-state index contributed by atoms with van der Waals surface area (Å²) < 4.78 is 45.7. The highest BCUT2D eigenvalue weighted by Gasteiger charge is 2.31. The van der Waals surface area contributed by atoms with Crippen molar-refractivity contribution in [2.45, 2.75) is 12.9 Å². The van der Waals surface area contributed by atoms with Gasteiger partial charge in [0.25, 0.3) is 0 Å². The van der Waals surface area contributed by atoms with Crippen LogP contribution in [0.15, 0.2) is 91.0 Å². The van der Waals surface area contributed by atoms with Crippen LogP contribution in [0.5, 0.6) is 5.75 Å². The number of halogens is 3. The number of fused-ring (bicyclic) bond motifs is 1. The Morgan fingerprint density at radius 2 is 1.40 bits per heavy atom. The normalized spacial score (nSPS) is 11.2. The zero-order valence-electron chi connectivity index (χ0n) is 18.6. The first-order chi connectivity index (χ1) is 16.7. The minimum atomic E-state index is -4.76. The van der Waals surface area contributed by atoms with Gasteiger partial charge in [-0.25, -0.2) is 4.79 Å². The van der Waals surface area contributed by atoms with E-state index in [-0.39, 0.29) is 12.3 Å². The Hall–Kier alpha value is -4.33. The molecule has 0 saturated carbocycles. The number of amides is 1. The van der Waals surface area contributed by atoms with Gasteiger partial charge in [0.15, 0.2) is 0 Å². The topological polar surface area (TPSA) is 55.8 Å². The van der Waals surface area contributed by atoms with Crippen LogP contribution < -0.4 is 9.64 Å². The molecule has 0 atom stereocenters. The number of rotatable bonds is 5. The minimum absolute atomic E-state index is 0.140. The molecule has 4 aromatic rings. The van der Waals surface area contributed by atoms with Crippen LogP contribution in [-0.4, -0.2) is 25.3 Å². The number of carbonyl (C=O) groups is 2. The second-order valence-corrected chi connectivity index (χ2v) is 7.68. The zero-order chi connectivity index (χ0) is 25.0. The lowest BCUT2D eigenvalue weighted by atomic mass is 10.0. The molecule has 0 bridgehead atoms. The second-order valence-electron chi connectivity index (χ2n) is 7.68. The zero-order valence-corrected chi connectivity index (χ0v) is 18.6. The first-order valence-corrected chi connectivity index (χ1v) is 10.6. The summed E-state index contributed by atoms with van der Waals surface area (Å²) in [6.07, 6.45) is -4.76. The molecule has 4 aromatic carbocycles. The van der Waals surface area contributed by atoms with E-state index in [1.54, 1.807) is 24.3 Å². The summed E-state index contributed by atoms with van der Waals surface area (Å²) in [6, 6.07) is 25.8. The molecule has 0 aliphatic heterocycles. The molecule has 0 spiro atoms. The second kappa shape index (κ2) is 9.89. The largest absolute Gasteiger partial charge is 0.573 e. The number of ether oxygens (including phenoxy) is 2. The molecule has 0 N–H and O–H groups in total. The maximum Gasteiger partial charge on any atom is 0.573 e. The van der Waals surface area contributed by atoms with Gasteiger partial charge in [-0.2, -0.15) is 0 Å². The Balaban J connectivity index is 1.60. The fourth-order valence-corrected chi connectivity index (χ4v) is 3.68. The Bertz CT molecular complexity index is 1350. The van der Waals surface area contributed by atoms with Gasteiger partial charge < -0.3 is 9.47 Å². The number of alkyl halides is 3. The summed E-state index contributed by atoms with van der Waals surface area (Å²) in [5.74, 6) is -2.12. The number of hydrogen-bond acceptors (Lipinski definition) is 4. The fraction of sp³-hybridized carbons (Fsp3) is 0.111. The van der Waals surface area contributed by atoms with E-state index >= 15 is 0 Å². The van der Waals surface area contributed by atoms with Crippen LogP contribution in [0.1, 0.15) is 5.56 Å². The minimum Gasteiger partial charge on any atom is -0.462 e. The molecule has 0 fully saturated rings. The Morgan fingerprint density at radius 1 is 0.800 bits per heavy atom. The summed E-state index contributed by atoms with van der Waals surface area (Å²) in [5.41, 5.74) is 2.66. The third-order valence-corrected chi connectivity index (χ3v) is 5.36. The average Bonchev–Trinajstić information content (AvgIpc) is 2.86. The number of methoxy groups -OCH3 is 1. The molecular formula is C27H20F3NO4. The Labute approximate surface area is 199 Å². The van der Waals surface area contributed by atoms with Gasteiger partial charge in [-0.1, -0.05) is 60.7 Å². The van der Waals surface area contributed by atoms with Gasteiger partial charge >= 0.3 is 18.2 Å². The van der Waals surface area contributed by atoms with Crippen LogP contribution in [0, 0.1) is 0 Å². The molecule has 1 amide bonds. The van der Waals surface area contributed by atoms with Crippen LogP contribution in [-0.2, 0) is 20.9 Å². The number of hydrogen-bond donors (Lipinski definition) is 0. The molecular weight excluding hydrogens is 459 g/mol. The van der Waals surface area contributed by atoms with Crippen LogP contribution >= 0.6 is 0 Å². The van der Waals surface area contributed by atoms with Gasteiger partial charge in [-0.3, -0.25) is 9.69 Å². The molecule has 35 heavy (non-hydrogen) atoms. The fourth-order valence-electron chi connectivity index (χ4n) is 3.68. The molecule has 0 aromatic heterocycles. The molecule has 0 aliphatic carbocycles. The molecule has 8 heteroatoms. The van der Waals surface area contributed by atoms with Crippen LogP contribution in [0.4, 0.5) is 18.9 Å². The Morgan fingerprint density at radius 3 is 2.00 bits per heavy atom. The smallest absolute Gasteiger partial charge is 0.462 e. The highest BCUT2D eigenvalue weighted by molar-refractivity contribution is 6.38. The first-order valence-electron chi connectivity index (χ1n) is 10.6. The number of nitrogens with zero attached hydrogens (tertiary/aromatic N) is 1. The lowest BCUT2D eigenvalue weighted by Gasteiger charge is -2.22. The van der Waals surface area contributed by atoms with E-state index in [1.165, 1.54) is 29.2 Å². The van der Waals surface area contributed by atoms with Gasteiger partial charge in [-0.15, -0.1) is 13.2 Å². The van der Waals surface area contributed by atoms with E-state index < -0.39 is 18.2 Å². The lowest BCUT2D eigenvalue weighted by molar-refractivity contribution is -0.274. The third kappa shape index (κ3) is 5.78. The summed E-state index contributed by atoms with van der Waals surface area (Å²) in [5, 5.41) is 2.06. The van der Waals surface area contributed by atoms with E-state index in [9.17, 15) is 22.8 Å². The van der Waals surface area contributed by atoms with Crippen molar-refractivity contribution >= 4 is 28.3 Å². The summed E-state index contributed by atoms with van der Waals surface area (Å²) in [6.45, 7) is 0.140. The van der Waals surface area contributed by atoms with E-state index in [0.717, 1.165) is 23.4 Å². The molecule has 0 unspecified atom stereocenters. The molecule has 5 nitrogen and oxygen atoms in total. The monoisotopic (exact) mass is 479 g/mol. The number of esters is 1. The van der Waals surface area contributed by atoms with Gasteiger partial charge in [0.2, 0.25) is 0 Å². The van der Waals surface area contributed by atoms with Crippen molar-refractivity contribution in [1.29, 1.82) is 0 Å². The van der Waals surface area contributed by atoms with Crippen molar-refractivity contribution < 1.29 is 32.2 Å². The molecule has 0 saturated heterocycles.